The molecule has 3 heterocycles. The molecular formula is C15H21N5O. The van der Waals surface area contributed by atoms with E-state index in [0.29, 0.717) is 12.6 Å². The standard InChI is InChI=1S/C15H21N5O/c1-13(10-20-8-3-5-17-20)15(21)18-7-2-4-14(11-18)19-9-6-16-12-19/h3,5-6,8-9,12-14H,2,4,7,10-11H2,1H3/t13-,14-/m0/s1. The Hall–Kier alpha value is -2.11. The number of likely N-dealkylation sites (tertiary alicyclic amines) is 1. The van der Waals surface area contributed by atoms with Gasteiger partial charge < -0.3 is 9.47 Å². The third kappa shape index (κ3) is 3.15. The smallest absolute Gasteiger partial charge is 0.227 e. The fourth-order valence-electron chi connectivity index (χ4n) is 2.96. The van der Waals surface area contributed by atoms with Crippen LogP contribution in [0.1, 0.15) is 25.8 Å². The van der Waals surface area contributed by atoms with Crippen LogP contribution in [0.3, 0.4) is 0 Å². The van der Waals surface area contributed by atoms with Gasteiger partial charge in [0.05, 0.1) is 24.8 Å². The Morgan fingerprint density at radius 2 is 2.29 bits per heavy atom. The molecule has 0 radical (unpaired) electrons. The number of imidazole rings is 1. The van der Waals surface area contributed by atoms with Crippen LogP contribution in [0, 0.1) is 5.92 Å². The minimum absolute atomic E-state index is 0.0496. The Morgan fingerprint density at radius 1 is 1.38 bits per heavy atom. The maximum absolute atomic E-state index is 12.6. The lowest BCUT2D eigenvalue weighted by atomic mass is 10.0. The SMILES string of the molecule is C[C@@H](Cn1cccn1)C(=O)N1CCC[C@H](n2ccnc2)C1. The number of hydrogen-bond acceptors (Lipinski definition) is 3. The van der Waals surface area contributed by atoms with Gasteiger partial charge in [-0.1, -0.05) is 6.92 Å². The van der Waals surface area contributed by atoms with E-state index in [1.807, 2.05) is 41.3 Å². The molecule has 0 unspecified atom stereocenters. The molecule has 3 rings (SSSR count). The van der Waals surface area contributed by atoms with Gasteiger partial charge in [0.25, 0.3) is 0 Å². The number of rotatable bonds is 4. The molecule has 1 aliphatic rings. The zero-order chi connectivity index (χ0) is 14.7. The Balaban J connectivity index is 1.61. The Bertz CT molecular complexity index is 563. The molecule has 2 aromatic heterocycles. The molecule has 0 aliphatic carbocycles. The molecule has 0 aromatic carbocycles. The average molecular weight is 287 g/mol. The van der Waals surface area contributed by atoms with Crippen molar-refractivity contribution in [3.05, 3.63) is 37.2 Å². The molecular weight excluding hydrogens is 266 g/mol. The average Bonchev–Trinajstić information content (AvgIpc) is 3.20. The van der Waals surface area contributed by atoms with Crippen LogP contribution >= 0.6 is 0 Å². The minimum Gasteiger partial charge on any atom is -0.340 e. The molecule has 0 N–H and O–H groups in total. The Labute approximate surface area is 124 Å². The monoisotopic (exact) mass is 287 g/mol. The van der Waals surface area contributed by atoms with Gasteiger partial charge in [0, 0.05) is 37.9 Å². The fourth-order valence-corrected chi connectivity index (χ4v) is 2.96. The van der Waals surface area contributed by atoms with Gasteiger partial charge >= 0.3 is 0 Å². The first-order valence-electron chi connectivity index (χ1n) is 7.47. The molecule has 0 saturated carbocycles. The van der Waals surface area contributed by atoms with Crippen molar-refractivity contribution < 1.29 is 4.79 Å². The summed E-state index contributed by atoms with van der Waals surface area (Å²) >= 11 is 0. The first-order valence-corrected chi connectivity index (χ1v) is 7.47. The van der Waals surface area contributed by atoms with E-state index in [4.69, 9.17) is 0 Å². The molecule has 1 aliphatic heterocycles. The highest BCUT2D eigenvalue weighted by atomic mass is 16.2. The maximum atomic E-state index is 12.6. The van der Waals surface area contributed by atoms with E-state index < -0.39 is 0 Å². The van der Waals surface area contributed by atoms with E-state index >= 15 is 0 Å². The predicted molar refractivity (Wildman–Crippen MR) is 78.5 cm³/mol. The van der Waals surface area contributed by atoms with Crippen LogP contribution < -0.4 is 0 Å². The summed E-state index contributed by atoms with van der Waals surface area (Å²) < 4.78 is 3.93. The molecule has 2 aromatic rings. The van der Waals surface area contributed by atoms with Crippen LogP contribution in [0.5, 0.6) is 0 Å². The largest absolute Gasteiger partial charge is 0.340 e. The third-order valence-electron chi connectivity index (χ3n) is 4.10. The first kappa shape index (κ1) is 13.9. The van der Waals surface area contributed by atoms with Crippen molar-refractivity contribution in [1.82, 2.24) is 24.2 Å². The molecule has 6 heteroatoms. The molecule has 2 atom stereocenters. The third-order valence-corrected chi connectivity index (χ3v) is 4.10. The maximum Gasteiger partial charge on any atom is 0.227 e. The van der Waals surface area contributed by atoms with Gasteiger partial charge in [0.2, 0.25) is 5.91 Å². The number of nitrogens with zero attached hydrogens (tertiary/aromatic N) is 5. The molecule has 0 bridgehead atoms. The Morgan fingerprint density at radius 3 is 3.00 bits per heavy atom. The van der Waals surface area contributed by atoms with E-state index in [2.05, 4.69) is 14.6 Å². The highest BCUT2D eigenvalue weighted by molar-refractivity contribution is 5.78. The summed E-state index contributed by atoms with van der Waals surface area (Å²) in [6.07, 6.45) is 11.4. The summed E-state index contributed by atoms with van der Waals surface area (Å²) in [5, 5.41) is 4.17. The Kier molecular flexibility index (Phi) is 4.03. The van der Waals surface area contributed by atoms with E-state index in [-0.39, 0.29) is 11.8 Å². The van der Waals surface area contributed by atoms with Crippen molar-refractivity contribution in [2.45, 2.75) is 32.4 Å². The van der Waals surface area contributed by atoms with Crippen LogP contribution in [-0.2, 0) is 11.3 Å². The summed E-state index contributed by atoms with van der Waals surface area (Å²) in [5.41, 5.74) is 0. The molecule has 21 heavy (non-hydrogen) atoms. The van der Waals surface area contributed by atoms with Gasteiger partial charge in [0.15, 0.2) is 0 Å². The highest BCUT2D eigenvalue weighted by Gasteiger charge is 2.27. The van der Waals surface area contributed by atoms with Crippen molar-refractivity contribution in [1.29, 1.82) is 0 Å². The second-order valence-electron chi connectivity index (χ2n) is 5.72. The highest BCUT2D eigenvalue weighted by Crippen LogP contribution is 2.22. The van der Waals surface area contributed by atoms with E-state index in [0.717, 1.165) is 25.9 Å². The van der Waals surface area contributed by atoms with Crippen LogP contribution in [0.2, 0.25) is 0 Å². The van der Waals surface area contributed by atoms with Crippen molar-refractivity contribution in [2.75, 3.05) is 13.1 Å². The summed E-state index contributed by atoms with van der Waals surface area (Å²) in [7, 11) is 0. The number of carbonyl (C=O) groups excluding carboxylic acids is 1. The lowest BCUT2D eigenvalue weighted by Gasteiger charge is -2.34. The van der Waals surface area contributed by atoms with Gasteiger partial charge in [-0.3, -0.25) is 9.48 Å². The summed E-state index contributed by atoms with van der Waals surface area (Å²) in [4.78, 5) is 18.7. The molecule has 0 spiro atoms. The second-order valence-corrected chi connectivity index (χ2v) is 5.72. The summed E-state index contributed by atoms with van der Waals surface area (Å²) in [5.74, 6) is 0.168. The second kappa shape index (κ2) is 6.11. The number of piperidine rings is 1. The van der Waals surface area contributed by atoms with Crippen LogP contribution in [0.4, 0.5) is 0 Å². The topological polar surface area (TPSA) is 56.0 Å². The summed E-state index contributed by atoms with van der Waals surface area (Å²) in [6.45, 7) is 4.25. The van der Waals surface area contributed by atoms with Gasteiger partial charge in [-0.05, 0) is 18.9 Å². The van der Waals surface area contributed by atoms with Crippen molar-refractivity contribution in [3.63, 3.8) is 0 Å². The zero-order valence-corrected chi connectivity index (χ0v) is 12.3. The first-order chi connectivity index (χ1) is 10.2. The van der Waals surface area contributed by atoms with E-state index in [1.165, 1.54) is 0 Å². The normalized spacial score (nSPS) is 20.4. The van der Waals surface area contributed by atoms with Crippen LogP contribution in [0.25, 0.3) is 0 Å². The molecule has 6 nitrogen and oxygen atoms in total. The van der Waals surface area contributed by atoms with Crippen molar-refractivity contribution >= 4 is 5.91 Å². The van der Waals surface area contributed by atoms with Gasteiger partial charge in [-0.25, -0.2) is 4.98 Å². The number of amides is 1. The number of aromatic nitrogens is 4. The lowest BCUT2D eigenvalue weighted by molar-refractivity contribution is -0.137. The molecule has 112 valence electrons. The minimum atomic E-state index is -0.0496. The fraction of sp³-hybridized carbons (Fsp3) is 0.533. The number of hydrogen-bond donors (Lipinski definition) is 0. The van der Waals surface area contributed by atoms with Gasteiger partial charge in [-0.15, -0.1) is 0 Å². The van der Waals surface area contributed by atoms with E-state index in [9.17, 15) is 4.79 Å². The van der Waals surface area contributed by atoms with Crippen LogP contribution in [-0.4, -0.2) is 43.2 Å². The van der Waals surface area contributed by atoms with Gasteiger partial charge in [0.1, 0.15) is 0 Å². The molecule has 1 saturated heterocycles. The quantitative estimate of drug-likeness (QED) is 0.858. The zero-order valence-electron chi connectivity index (χ0n) is 12.3. The number of carbonyl (C=O) groups is 1. The lowest BCUT2D eigenvalue weighted by Crippen LogP contribution is -2.43. The molecule has 1 fully saturated rings. The predicted octanol–water partition coefficient (Wildman–Crippen LogP) is 1.58. The summed E-state index contributed by atoms with van der Waals surface area (Å²) in [6, 6.07) is 2.23. The van der Waals surface area contributed by atoms with Crippen LogP contribution in [0.15, 0.2) is 37.2 Å². The van der Waals surface area contributed by atoms with E-state index in [1.54, 1.807) is 12.4 Å². The molecule has 1 amide bonds. The van der Waals surface area contributed by atoms with Crippen molar-refractivity contribution in [3.8, 4) is 0 Å². The van der Waals surface area contributed by atoms with Gasteiger partial charge in [-0.2, -0.15) is 5.10 Å². The van der Waals surface area contributed by atoms with Crippen molar-refractivity contribution in [2.24, 2.45) is 5.92 Å².